The summed E-state index contributed by atoms with van der Waals surface area (Å²) in [5.41, 5.74) is 5.46. The molecule has 2 N–H and O–H groups in total. The van der Waals surface area contributed by atoms with Gasteiger partial charge in [0.05, 0.1) is 16.4 Å². The molecule has 0 atom stereocenters. The van der Waals surface area contributed by atoms with E-state index in [4.69, 9.17) is 5.73 Å². The summed E-state index contributed by atoms with van der Waals surface area (Å²) >= 11 is 0. The predicted molar refractivity (Wildman–Crippen MR) is 93.9 cm³/mol. The molecule has 0 bridgehead atoms. The Bertz CT molecular complexity index is 734. The normalized spacial score (nSPS) is 15.7. The largest absolute Gasteiger partial charge is 0.341 e. The summed E-state index contributed by atoms with van der Waals surface area (Å²) < 4.78 is 25.9. The maximum atomic E-state index is 12.5. The number of benzene rings is 1. The van der Waals surface area contributed by atoms with Gasteiger partial charge in [0.15, 0.2) is 0 Å². The number of hydrogen-bond donors (Lipinski definition) is 1. The molecule has 1 aromatic carbocycles. The van der Waals surface area contributed by atoms with Crippen LogP contribution in [0, 0.1) is 10.1 Å². The fourth-order valence-electron chi connectivity index (χ4n) is 2.46. The van der Waals surface area contributed by atoms with Crippen LogP contribution in [-0.2, 0) is 14.8 Å². The summed E-state index contributed by atoms with van der Waals surface area (Å²) in [6, 6.07) is 4.83. The van der Waals surface area contributed by atoms with Crippen LogP contribution in [0.1, 0.15) is 12.8 Å². The summed E-state index contributed by atoms with van der Waals surface area (Å²) in [6.07, 6.45) is 1.38. The van der Waals surface area contributed by atoms with Gasteiger partial charge in [-0.2, -0.15) is 4.31 Å². The van der Waals surface area contributed by atoms with Gasteiger partial charge in [0.25, 0.3) is 5.69 Å². The molecule has 9 nitrogen and oxygen atoms in total. The quantitative estimate of drug-likeness (QED) is 0.577. The molecule has 0 radical (unpaired) electrons. The minimum absolute atomic E-state index is 0. The number of hydrogen-bond acceptors (Lipinski definition) is 6. The second-order valence-electron chi connectivity index (χ2n) is 5.73. The first-order valence-electron chi connectivity index (χ1n) is 7.46. The molecule has 1 aliphatic heterocycles. The van der Waals surface area contributed by atoms with E-state index in [1.807, 2.05) is 0 Å². The second kappa shape index (κ2) is 8.56. The van der Waals surface area contributed by atoms with Crippen molar-refractivity contribution in [3.63, 3.8) is 0 Å². The van der Waals surface area contributed by atoms with Crippen LogP contribution >= 0.6 is 12.4 Å². The Kier molecular flexibility index (Phi) is 7.29. The third-order valence-electron chi connectivity index (χ3n) is 3.99. The second-order valence-corrected chi connectivity index (χ2v) is 7.78. The molecule has 0 unspecified atom stereocenters. The van der Waals surface area contributed by atoms with Crippen LogP contribution in [0.15, 0.2) is 29.2 Å². The van der Waals surface area contributed by atoms with E-state index in [2.05, 4.69) is 0 Å². The number of piperidine rings is 1. The molecule has 25 heavy (non-hydrogen) atoms. The lowest BCUT2D eigenvalue weighted by Gasteiger charge is -2.31. The molecule has 2 rings (SSSR count). The molecule has 0 aliphatic carbocycles. The van der Waals surface area contributed by atoms with Crippen molar-refractivity contribution in [2.75, 3.05) is 26.7 Å². The number of sulfonamides is 1. The minimum atomic E-state index is -3.98. The van der Waals surface area contributed by atoms with E-state index in [-0.39, 0.29) is 41.5 Å². The van der Waals surface area contributed by atoms with Gasteiger partial charge >= 0.3 is 0 Å². The predicted octanol–water partition coefficient (Wildman–Crippen LogP) is 0.587. The Morgan fingerprint density at radius 2 is 2.00 bits per heavy atom. The van der Waals surface area contributed by atoms with Gasteiger partial charge in [-0.3, -0.25) is 14.9 Å². The highest BCUT2D eigenvalue weighted by atomic mass is 35.5. The number of carbonyl (C=O) groups is 1. The zero-order valence-corrected chi connectivity index (χ0v) is 15.3. The molecule has 1 amide bonds. The maximum absolute atomic E-state index is 12.5. The number of likely N-dealkylation sites (N-methyl/N-ethyl adjacent to an activating group) is 1. The molecule has 0 saturated carbocycles. The smallest absolute Gasteiger partial charge is 0.270 e. The van der Waals surface area contributed by atoms with Crippen molar-refractivity contribution in [1.82, 2.24) is 9.21 Å². The lowest BCUT2D eigenvalue weighted by atomic mass is 10.1. The first-order valence-corrected chi connectivity index (χ1v) is 8.90. The Morgan fingerprint density at radius 1 is 1.40 bits per heavy atom. The van der Waals surface area contributed by atoms with Gasteiger partial charge in [-0.05, 0) is 18.9 Å². The third kappa shape index (κ3) is 5.11. The van der Waals surface area contributed by atoms with Crippen molar-refractivity contribution in [1.29, 1.82) is 0 Å². The summed E-state index contributed by atoms with van der Waals surface area (Å²) in [4.78, 5) is 23.7. The number of nitro benzene ring substituents is 1. The topological polar surface area (TPSA) is 127 Å². The maximum Gasteiger partial charge on any atom is 0.270 e. The average molecular weight is 393 g/mol. The van der Waals surface area contributed by atoms with Crippen molar-refractivity contribution in [3.05, 3.63) is 34.4 Å². The lowest BCUT2D eigenvalue weighted by molar-refractivity contribution is -0.385. The van der Waals surface area contributed by atoms with E-state index in [1.165, 1.54) is 25.2 Å². The van der Waals surface area contributed by atoms with Crippen LogP contribution in [0.3, 0.4) is 0 Å². The molecule has 0 aromatic heterocycles. The average Bonchev–Trinajstić information content (AvgIpc) is 2.55. The number of nitrogens with zero attached hydrogens (tertiary/aromatic N) is 3. The summed E-state index contributed by atoms with van der Waals surface area (Å²) in [5.74, 6) is -0.307. The zero-order chi connectivity index (χ0) is 17.9. The van der Waals surface area contributed by atoms with Crippen LogP contribution < -0.4 is 5.73 Å². The van der Waals surface area contributed by atoms with Gasteiger partial charge < -0.3 is 10.6 Å². The Balaban J connectivity index is 0.00000312. The van der Waals surface area contributed by atoms with Gasteiger partial charge in [0, 0.05) is 38.3 Å². The SMILES string of the molecule is CN(CC(=O)N1CCC(N)CC1)S(=O)(=O)c1cccc([N+](=O)[O-])c1.Cl. The van der Waals surface area contributed by atoms with Gasteiger partial charge in [-0.1, -0.05) is 6.07 Å². The van der Waals surface area contributed by atoms with Crippen molar-refractivity contribution < 1.29 is 18.1 Å². The standard InChI is InChI=1S/C14H20N4O5S.ClH/c1-16(10-14(19)17-7-5-11(15)6-8-17)24(22,23)13-4-2-3-12(9-13)18(20)21;/h2-4,9,11H,5-8,10,15H2,1H3;1H. The van der Waals surface area contributed by atoms with Gasteiger partial charge in [0.1, 0.15) is 0 Å². The highest BCUT2D eigenvalue weighted by Crippen LogP contribution is 2.20. The van der Waals surface area contributed by atoms with Crippen LogP contribution in [0.5, 0.6) is 0 Å². The monoisotopic (exact) mass is 392 g/mol. The molecular weight excluding hydrogens is 372 g/mol. The summed E-state index contributed by atoms with van der Waals surface area (Å²) in [5, 5.41) is 10.8. The van der Waals surface area contributed by atoms with Gasteiger partial charge in [-0.15, -0.1) is 12.4 Å². The summed E-state index contributed by atoms with van der Waals surface area (Å²) in [6.45, 7) is 0.690. The molecule has 11 heteroatoms. The minimum Gasteiger partial charge on any atom is -0.341 e. The number of halogens is 1. The van der Waals surface area contributed by atoms with E-state index in [0.717, 1.165) is 10.4 Å². The molecule has 1 aromatic rings. The number of nitrogens with two attached hydrogens (primary N) is 1. The Labute approximate surface area is 152 Å². The lowest BCUT2D eigenvalue weighted by Crippen LogP contribution is -2.47. The van der Waals surface area contributed by atoms with E-state index in [9.17, 15) is 23.3 Å². The van der Waals surface area contributed by atoms with Crippen molar-refractivity contribution in [2.24, 2.45) is 5.73 Å². The zero-order valence-electron chi connectivity index (χ0n) is 13.7. The van der Waals surface area contributed by atoms with Gasteiger partial charge in [0.2, 0.25) is 15.9 Å². The number of nitro groups is 1. The molecular formula is C14H21ClN4O5S. The highest BCUT2D eigenvalue weighted by molar-refractivity contribution is 7.89. The first kappa shape index (κ1) is 21.3. The number of non-ortho nitro benzene ring substituents is 1. The fourth-order valence-corrected chi connectivity index (χ4v) is 3.62. The van der Waals surface area contributed by atoms with Crippen molar-refractivity contribution in [2.45, 2.75) is 23.8 Å². The molecule has 1 aliphatic rings. The Morgan fingerprint density at radius 3 is 2.56 bits per heavy atom. The van der Waals surface area contributed by atoms with Crippen molar-refractivity contribution >= 4 is 34.0 Å². The van der Waals surface area contributed by atoms with Crippen LogP contribution in [-0.4, -0.2) is 61.2 Å². The number of rotatable bonds is 5. The Hall–Kier alpha value is -1.75. The highest BCUT2D eigenvalue weighted by Gasteiger charge is 2.27. The van der Waals surface area contributed by atoms with E-state index >= 15 is 0 Å². The third-order valence-corrected chi connectivity index (χ3v) is 5.79. The first-order chi connectivity index (χ1) is 11.2. The van der Waals surface area contributed by atoms with Crippen LogP contribution in [0.2, 0.25) is 0 Å². The fraction of sp³-hybridized carbons (Fsp3) is 0.500. The van der Waals surface area contributed by atoms with Crippen molar-refractivity contribution in [3.8, 4) is 0 Å². The van der Waals surface area contributed by atoms with Crippen LogP contribution in [0.4, 0.5) is 5.69 Å². The molecule has 0 spiro atoms. The van der Waals surface area contributed by atoms with E-state index < -0.39 is 14.9 Å². The molecule has 1 saturated heterocycles. The number of likely N-dealkylation sites (tertiary alicyclic amines) is 1. The van der Waals surface area contributed by atoms with E-state index in [0.29, 0.717) is 25.9 Å². The molecule has 1 heterocycles. The number of carbonyl (C=O) groups excluding carboxylic acids is 1. The molecule has 1 fully saturated rings. The molecule has 140 valence electrons. The van der Waals surface area contributed by atoms with Gasteiger partial charge in [-0.25, -0.2) is 8.42 Å². The summed E-state index contributed by atoms with van der Waals surface area (Å²) in [7, 11) is -2.70. The van der Waals surface area contributed by atoms with Crippen LogP contribution in [0.25, 0.3) is 0 Å². The number of amides is 1. The van der Waals surface area contributed by atoms with E-state index in [1.54, 1.807) is 4.90 Å².